The topological polar surface area (TPSA) is 39.5 Å². The fraction of sp³-hybridized carbons (Fsp3) is 0.263. The van der Waals surface area contributed by atoms with E-state index in [9.17, 15) is 0 Å². The molecule has 23 heavy (non-hydrogen) atoms. The number of hydrazone groups is 1. The van der Waals surface area contributed by atoms with Crippen molar-refractivity contribution < 1.29 is 0 Å². The number of fused-ring (bicyclic) bond motifs is 3. The summed E-state index contributed by atoms with van der Waals surface area (Å²) in [6.45, 7) is 0. The Kier molecular flexibility index (Phi) is 3.69. The highest BCUT2D eigenvalue weighted by Gasteiger charge is 2.42. The lowest BCUT2D eigenvalue weighted by atomic mass is 9.77. The van der Waals surface area contributed by atoms with Crippen molar-refractivity contribution in [2.24, 2.45) is 11.0 Å². The van der Waals surface area contributed by atoms with Gasteiger partial charge in [0.15, 0.2) is 5.17 Å². The van der Waals surface area contributed by atoms with Gasteiger partial charge in [0.2, 0.25) is 0 Å². The molecule has 0 bridgehead atoms. The number of hydrogen-bond acceptors (Lipinski definition) is 3. The summed E-state index contributed by atoms with van der Waals surface area (Å²) in [5.41, 5.74) is 5.04. The lowest BCUT2D eigenvalue weighted by Crippen LogP contribution is -2.30. The average molecular weight is 321 g/mol. The fourth-order valence-electron chi connectivity index (χ4n) is 3.71. The van der Waals surface area contributed by atoms with Gasteiger partial charge in [-0.1, -0.05) is 66.4 Å². The largest absolute Gasteiger partial charge is 0.277 e. The molecule has 2 aromatic rings. The van der Waals surface area contributed by atoms with Gasteiger partial charge >= 0.3 is 0 Å². The minimum absolute atomic E-state index is 0.138. The van der Waals surface area contributed by atoms with Crippen LogP contribution in [0.15, 0.2) is 59.7 Å². The van der Waals surface area contributed by atoms with E-state index in [4.69, 9.17) is 10.5 Å². The van der Waals surface area contributed by atoms with E-state index in [0.29, 0.717) is 11.1 Å². The highest BCUT2D eigenvalue weighted by Crippen LogP contribution is 2.43. The van der Waals surface area contributed by atoms with Crippen molar-refractivity contribution in [1.82, 2.24) is 5.01 Å². The molecule has 0 spiro atoms. The van der Waals surface area contributed by atoms with Crippen LogP contribution in [0.2, 0.25) is 0 Å². The molecule has 0 amide bonds. The zero-order valence-corrected chi connectivity index (χ0v) is 13.9. The minimum Gasteiger partial charge on any atom is -0.277 e. The van der Waals surface area contributed by atoms with Crippen molar-refractivity contribution in [3.8, 4) is 0 Å². The summed E-state index contributed by atoms with van der Waals surface area (Å²) in [5.74, 6) is 0.361. The SMILES string of the molecule is CSC(=N)N1N=C2c3ccccc3CCC2C1c1ccccc1. The van der Waals surface area contributed by atoms with E-state index < -0.39 is 0 Å². The van der Waals surface area contributed by atoms with Gasteiger partial charge in [-0.15, -0.1) is 0 Å². The van der Waals surface area contributed by atoms with Crippen molar-refractivity contribution in [3.63, 3.8) is 0 Å². The summed E-state index contributed by atoms with van der Waals surface area (Å²) in [5, 5.41) is 15.6. The average Bonchev–Trinajstić information content (AvgIpc) is 3.01. The number of nitrogens with zero attached hydrogens (tertiary/aromatic N) is 2. The third-order valence-corrected chi connectivity index (χ3v) is 5.35. The lowest BCUT2D eigenvalue weighted by Gasteiger charge is -2.30. The molecule has 2 atom stereocenters. The van der Waals surface area contributed by atoms with Crippen LogP contribution in [0.1, 0.15) is 29.2 Å². The maximum Gasteiger partial charge on any atom is 0.177 e. The number of hydrogen-bond donors (Lipinski definition) is 1. The second-order valence-electron chi connectivity index (χ2n) is 6.00. The number of aryl methyl sites for hydroxylation is 1. The Morgan fingerprint density at radius 1 is 1.13 bits per heavy atom. The van der Waals surface area contributed by atoms with Gasteiger partial charge in [-0.25, -0.2) is 5.01 Å². The summed E-state index contributed by atoms with van der Waals surface area (Å²) < 4.78 is 0. The van der Waals surface area contributed by atoms with Crippen molar-refractivity contribution in [3.05, 3.63) is 71.3 Å². The Morgan fingerprint density at radius 3 is 2.65 bits per heavy atom. The predicted molar refractivity (Wildman–Crippen MR) is 97.1 cm³/mol. The summed E-state index contributed by atoms with van der Waals surface area (Å²) in [6, 6.07) is 19.2. The molecule has 1 aliphatic carbocycles. The first kappa shape index (κ1) is 14.5. The summed E-state index contributed by atoms with van der Waals surface area (Å²) in [7, 11) is 0. The Balaban J connectivity index is 1.81. The zero-order chi connectivity index (χ0) is 15.8. The molecule has 0 saturated carbocycles. The van der Waals surface area contributed by atoms with Gasteiger partial charge in [0.05, 0.1) is 11.8 Å². The molecule has 2 unspecified atom stereocenters. The summed E-state index contributed by atoms with van der Waals surface area (Å²) in [6.07, 6.45) is 4.12. The molecule has 2 aliphatic rings. The first-order valence-corrected chi connectivity index (χ1v) is 9.15. The second-order valence-corrected chi connectivity index (χ2v) is 6.79. The normalized spacial score (nSPS) is 22.3. The smallest absolute Gasteiger partial charge is 0.177 e. The molecule has 0 fully saturated rings. The predicted octanol–water partition coefficient (Wildman–Crippen LogP) is 4.31. The monoisotopic (exact) mass is 321 g/mol. The van der Waals surface area contributed by atoms with E-state index in [-0.39, 0.29) is 6.04 Å². The molecule has 1 heterocycles. The lowest BCUT2D eigenvalue weighted by molar-refractivity contribution is 0.311. The van der Waals surface area contributed by atoms with Crippen molar-refractivity contribution in [2.45, 2.75) is 18.9 Å². The van der Waals surface area contributed by atoms with Crippen LogP contribution in [0.5, 0.6) is 0 Å². The molecule has 3 nitrogen and oxygen atoms in total. The Bertz CT molecular complexity index is 769. The molecule has 1 aliphatic heterocycles. The number of amidine groups is 1. The van der Waals surface area contributed by atoms with E-state index in [1.54, 1.807) is 0 Å². The molecular weight excluding hydrogens is 302 g/mol. The molecule has 0 aromatic heterocycles. The van der Waals surface area contributed by atoms with E-state index in [1.165, 1.54) is 28.5 Å². The molecule has 0 radical (unpaired) electrons. The number of rotatable bonds is 1. The van der Waals surface area contributed by atoms with Crippen LogP contribution >= 0.6 is 11.8 Å². The molecule has 1 N–H and O–H groups in total. The molecule has 2 aromatic carbocycles. The van der Waals surface area contributed by atoms with Crippen LogP contribution in [0.3, 0.4) is 0 Å². The van der Waals surface area contributed by atoms with Gasteiger partial charge in [-0.2, -0.15) is 5.10 Å². The molecule has 4 heteroatoms. The maximum atomic E-state index is 8.33. The highest BCUT2D eigenvalue weighted by atomic mass is 32.2. The number of thioether (sulfide) groups is 1. The van der Waals surface area contributed by atoms with Gasteiger partial charge in [0, 0.05) is 11.5 Å². The Morgan fingerprint density at radius 2 is 1.87 bits per heavy atom. The zero-order valence-electron chi connectivity index (χ0n) is 13.1. The van der Waals surface area contributed by atoms with Crippen LogP contribution in [-0.4, -0.2) is 22.1 Å². The van der Waals surface area contributed by atoms with Crippen molar-refractivity contribution in [1.29, 1.82) is 5.41 Å². The quantitative estimate of drug-likeness (QED) is 0.628. The third-order valence-electron chi connectivity index (χ3n) is 4.77. The fourth-order valence-corrected chi connectivity index (χ4v) is 4.05. The first-order valence-electron chi connectivity index (χ1n) is 7.93. The van der Waals surface area contributed by atoms with E-state index in [0.717, 1.165) is 18.6 Å². The van der Waals surface area contributed by atoms with Crippen LogP contribution in [0.4, 0.5) is 0 Å². The van der Waals surface area contributed by atoms with Crippen LogP contribution in [-0.2, 0) is 6.42 Å². The van der Waals surface area contributed by atoms with Crippen molar-refractivity contribution >= 4 is 22.6 Å². The number of nitrogens with one attached hydrogen (secondary N) is 1. The maximum absolute atomic E-state index is 8.33. The number of benzene rings is 2. The molecule has 4 rings (SSSR count). The molecular formula is C19H19N3S. The summed E-state index contributed by atoms with van der Waals surface area (Å²) >= 11 is 1.45. The van der Waals surface area contributed by atoms with Crippen LogP contribution < -0.4 is 0 Å². The minimum atomic E-state index is 0.138. The van der Waals surface area contributed by atoms with E-state index in [1.807, 2.05) is 17.3 Å². The Hall–Kier alpha value is -2.07. The van der Waals surface area contributed by atoms with Gasteiger partial charge < -0.3 is 0 Å². The van der Waals surface area contributed by atoms with Gasteiger partial charge in [-0.05, 0) is 30.2 Å². The van der Waals surface area contributed by atoms with Gasteiger partial charge in [0.1, 0.15) is 0 Å². The van der Waals surface area contributed by atoms with Gasteiger partial charge in [-0.3, -0.25) is 5.41 Å². The molecule has 116 valence electrons. The van der Waals surface area contributed by atoms with Crippen molar-refractivity contribution in [2.75, 3.05) is 6.26 Å². The van der Waals surface area contributed by atoms with Crippen LogP contribution in [0, 0.1) is 11.3 Å². The van der Waals surface area contributed by atoms with Crippen LogP contribution in [0.25, 0.3) is 0 Å². The highest BCUT2D eigenvalue weighted by molar-refractivity contribution is 8.13. The third kappa shape index (κ3) is 2.38. The second kappa shape index (κ2) is 5.85. The first-order chi connectivity index (χ1) is 11.3. The standard InChI is InChI=1S/C19H19N3S/c1-23-19(20)22-18(14-8-3-2-4-9-14)16-12-11-13-7-5-6-10-15(13)17(16)21-22/h2-10,16,18,20H,11-12H2,1H3. The molecule has 0 saturated heterocycles. The van der Waals surface area contributed by atoms with Gasteiger partial charge in [0.25, 0.3) is 0 Å². The van der Waals surface area contributed by atoms with E-state index in [2.05, 4.69) is 48.5 Å². The van der Waals surface area contributed by atoms with E-state index >= 15 is 0 Å². The summed E-state index contributed by atoms with van der Waals surface area (Å²) in [4.78, 5) is 0. The Labute approximate surface area is 140 Å².